The summed E-state index contributed by atoms with van der Waals surface area (Å²) in [5.74, 6) is 1.62. The van der Waals surface area contributed by atoms with Crippen molar-refractivity contribution in [3.63, 3.8) is 0 Å². The van der Waals surface area contributed by atoms with E-state index in [0.717, 1.165) is 18.2 Å². The van der Waals surface area contributed by atoms with Crippen LogP contribution < -0.4 is 5.32 Å². The van der Waals surface area contributed by atoms with Gasteiger partial charge in [0.05, 0.1) is 12.3 Å². The van der Waals surface area contributed by atoms with Crippen molar-refractivity contribution in [3.05, 3.63) is 11.9 Å². The Balaban J connectivity index is 2.70. The largest absolute Gasteiger partial charge is 0.383 e. The Kier molecular flexibility index (Phi) is 5.48. The first-order valence-electron chi connectivity index (χ1n) is 6.36. The van der Waals surface area contributed by atoms with Crippen LogP contribution in [0.3, 0.4) is 0 Å². The zero-order valence-electron chi connectivity index (χ0n) is 11.7. The molecule has 0 saturated heterocycles. The summed E-state index contributed by atoms with van der Waals surface area (Å²) in [5.41, 5.74) is 1.06. The van der Waals surface area contributed by atoms with Gasteiger partial charge in [0, 0.05) is 25.9 Å². The lowest BCUT2D eigenvalue weighted by atomic mass is 10.1. The molecule has 2 unspecified atom stereocenters. The molecule has 0 aromatic carbocycles. The summed E-state index contributed by atoms with van der Waals surface area (Å²) in [7, 11) is 1.72. The van der Waals surface area contributed by atoms with Crippen molar-refractivity contribution in [3.8, 4) is 0 Å². The molecule has 0 aliphatic carbocycles. The van der Waals surface area contributed by atoms with E-state index < -0.39 is 0 Å². The molecule has 0 spiro atoms. The first-order valence-corrected chi connectivity index (χ1v) is 6.36. The summed E-state index contributed by atoms with van der Waals surface area (Å²) in [6.45, 7) is 10.3. The lowest BCUT2D eigenvalue weighted by molar-refractivity contribution is 0.190. The molecular weight excluding hydrogens is 214 g/mol. The van der Waals surface area contributed by atoms with Gasteiger partial charge in [0.25, 0.3) is 0 Å². The lowest BCUT2D eigenvalue weighted by Gasteiger charge is -2.17. The third kappa shape index (κ3) is 4.38. The molecule has 0 aliphatic heterocycles. The van der Waals surface area contributed by atoms with Crippen LogP contribution >= 0.6 is 0 Å². The molecule has 98 valence electrons. The van der Waals surface area contributed by atoms with Gasteiger partial charge >= 0.3 is 0 Å². The molecule has 4 heteroatoms. The number of aryl methyl sites for hydroxylation is 1. The van der Waals surface area contributed by atoms with E-state index in [9.17, 15) is 0 Å². The van der Waals surface area contributed by atoms with Gasteiger partial charge in [-0.3, -0.25) is 0 Å². The molecule has 4 nitrogen and oxygen atoms in total. The Morgan fingerprint density at radius 3 is 2.76 bits per heavy atom. The maximum atomic E-state index is 5.13. The first kappa shape index (κ1) is 14.0. The number of rotatable bonds is 7. The molecule has 0 fully saturated rings. The number of hydrogen-bond acceptors (Lipinski definition) is 3. The monoisotopic (exact) mass is 239 g/mol. The summed E-state index contributed by atoms with van der Waals surface area (Å²) in [6, 6.07) is 0.275. The predicted molar refractivity (Wildman–Crippen MR) is 71.4 cm³/mol. The van der Waals surface area contributed by atoms with Gasteiger partial charge in [-0.1, -0.05) is 20.3 Å². The minimum absolute atomic E-state index is 0.275. The smallest absolute Gasteiger partial charge is 0.203 e. The van der Waals surface area contributed by atoms with Crippen LogP contribution in [0.1, 0.15) is 32.9 Å². The number of nitrogens with zero attached hydrogens (tertiary/aromatic N) is 2. The fourth-order valence-corrected chi connectivity index (χ4v) is 1.78. The lowest BCUT2D eigenvalue weighted by Crippen LogP contribution is -2.23. The summed E-state index contributed by atoms with van der Waals surface area (Å²) >= 11 is 0. The topological polar surface area (TPSA) is 39.1 Å². The summed E-state index contributed by atoms with van der Waals surface area (Å²) in [5, 5.41) is 3.39. The SMILES string of the molecule is CCC(C)Cn1cc(C)nc1NC(C)COC. The van der Waals surface area contributed by atoms with Crippen molar-refractivity contribution < 1.29 is 4.74 Å². The summed E-state index contributed by atoms with van der Waals surface area (Å²) in [4.78, 5) is 4.52. The highest BCUT2D eigenvalue weighted by Crippen LogP contribution is 2.14. The van der Waals surface area contributed by atoms with E-state index in [1.54, 1.807) is 7.11 Å². The van der Waals surface area contributed by atoms with Crippen LogP contribution in [-0.2, 0) is 11.3 Å². The number of ether oxygens (including phenoxy) is 1. The highest BCUT2D eigenvalue weighted by Gasteiger charge is 2.10. The summed E-state index contributed by atoms with van der Waals surface area (Å²) in [6.07, 6.45) is 3.29. The van der Waals surface area contributed by atoms with Crippen molar-refractivity contribution in [1.82, 2.24) is 9.55 Å². The number of hydrogen-bond donors (Lipinski definition) is 1. The minimum atomic E-state index is 0.275. The average Bonchev–Trinajstić information content (AvgIpc) is 2.59. The van der Waals surface area contributed by atoms with Crippen molar-refractivity contribution >= 4 is 5.95 Å². The Morgan fingerprint density at radius 2 is 2.18 bits per heavy atom. The van der Waals surface area contributed by atoms with E-state index in [-0.39, 0.29) is 6.04 Å². The molecule has 0 amide bonds. The molecule has 1 aromatic rings. The number of methoxy groups -OCH3 is 1. The molecule has 1 heterocycles. The van der Waals surface area contributed by atoms with Gasteiger partial charge in [0.1, 0.15) is 0 Å². The molecule has 0 radical (unpaired) electrons. The Labute approximate surface area is 104 Å². The fourth-order valence-electron chi connectivity index (χ4n) is 1.78. The third-order valence-electron chi connectivity index (χ3n) is 2.89. The van der Waals surface area contributed by atoms with Gasteiger partial charge in [0.15, 0.2) is 0 Å². The van der Waals surface area contributed by atoms with Crippen molar-refractivity contribution in [2.45, 2.75) is 46.7 Å². The molecular formula is C13H25N3O. The van der Waals surface area contributed by atoms with Crippen LogP contribution in [-0.4, -0.2) is 29.3 Å². The van der Waals surface area contributed by atoms with Crippen molar-refractivity contribution in [2.75, 3.05) is 19.0 Å². The Morgan fingerprint density at radius 1 is 1.47 bits per heavy atom. The number of aromatic nitrogens is 2. The van der Waals surface area contributed by atoms with E-state index in [1.807, 2.05) is 6.92 Å². The normalized spacial score (nSPS) is 14.6. The Hall–Kier alpha value is -1.03. The van der Waals surface area contributed by atoms with Crippen LogP contribution in [0.25, 0.3) is 0 Å². The first-order chi connectivity index (χ1) is 8.06. The van der Waals surface area contributed by atoms with Crippen LogP contribution in [0.2, 0.25) is 0 Å². The molecule has 2 atom stereocenters. The zero-order valence-corrected chi connectivity index (χ0v) is 11.7. The van der Waals surface area contributed by atoms with Gasteiger partial charge in [-0.2, -0.15) is 0 Å². The van der Waals surface area contributed by atoms with Crippen LogP contribution in [0.5, 0.6) is 0 Å². The van der Waals surface area contributed by atoms with E-state index in [0.29, 0.717) is 12.5 Å². The molecule has 1 rings (SSSR count). The maximum absolute atomic E-state index is 5.13. The molecule has 0 saturated carbocycles. The van der Waals surface area contributed by atoms with E-state index in [4.69, 9.17) is 4.74 Å². The maximum Gasteiger partial charge on any atom is 0.203 e. The van der Waals surface area contributed by atoms with Gasteiger partial charge in [0.2, 0.25) is 5.95 Å². The number of imidazole rings is 1. The molecule has 1 aromatic heterocycles. The highest BCUT2D eigenvalue weighted by atomic mass is 16.5. The second-order valence-electron chi connectivity index (χ2n) is 4.87. The van der Waals surface area contributed by atoms with Crippen molar-refractivity contribution in [1.29, 1.82) is 0 Å². The second kappa shape index (κ2) is 6.64. The van der Waals surface area contributed by atoms with E-state index >= 15 is 0 Å². The van der Waals surface area contributed by atoms with Gasteiger partial charge in [-0.25, -0.2) is 4.98 Å². The van der Waals surface area contributed by atoms with E-state index in [2.05, 4.69) is 41.8 Å². The van der Waals surface area contributed by atoms with Crippen LogP contribution in [0.15, 0.2) is 6.20 Å². The van der Waals surface area contributed by atoms with Gasteiger partial charge < -0.3 is 14.6 Å². The molecule has 1 N–H and O–H groups in total. The number of anilines is 1. The fraction of sp³-hybridized carbons (Fsp3) is 0.769. The zero-order chi connectivity index (χ0) is 12.8. The third-order valence-corrected chi connectivity index (χ3v) is 2.89. The number of nitrogens with one attached hydrogen (secondary N) is 1. The Bertz CT molecular complexity index is 335. The predicted octanol–water partition coefficient (Wildman–Crippen LogP) is 2.68. The van der Waals surface area contributed by atoms with E-state index in [1.165, 1.54) is 6.42 Å². The average molecular weight is 239 g/mol. The molecule has 0 bridgehead atoms. The molecule has 0 aliphatic rings. The minimum Gasteiger partial charge on any atom is -0.383 e. The second-order valence-corrected chi connectivity index (χ2v) is 4.87. The van der Waals surface area contributed by atoms with Gasteiger partial charge in [-0.05, 0) is 19.8 Å². The standard InChI is InChI=1S/C13H25N3O/c1-6-10(2)7-16-8-11(3)14-13(16)15-12(4)9-17-5/h8,10,12H,6-7,9H2,1-5H3,(H,14,15). The molecule has 17 heavy (non-hydrogen) atoms. The van der Waals surface area contributed by atoms with Crippen LogP contribution in [0, 0.1) is 12.8 Å². The van der Waals surface area contributed by atoms with Crippen LogP contribution in [0.4, 0.5) is 5.95 Å². The quantitative estimate of drug-likeness (QED) is 0.795. The summed E-state index contributed by atoms with van der Waals surface area (Å²) < 4.78 is 7.33. The van der Waals surface area contributed by atoms with Crippen molar-refractivity contribution in [2.24, 2.45) is 5.92 Å². The van der Waals surface area contributed by atoms with Gasteiger partial charge in [-0.15, -0.1) is 0 Å². The highest BCUT2D eigenvalue weighted by molar-refractivity contribution is 5.30.